The Kier molecular flexibility index (Phi) is 5.14. The molecule has 0 atom stereocenters. The van der Waals surface area contributed by atoms with Crippen molar-refractivity contribution in [1.29, 1.82) is 0 Å². The number of anilines is 2. The van der Waals surface area contributed by atoms with Crippen LogP contribution in [0.5, 0.6) is 5.75 Å². The van der Waals surface area contributed by atoms with E-state index in [0.29, 0.717) is 11.3 Å². The Morgan fingerprint density at radius 1 is 0.889 bits per heavy atom. The molecule has 0 unspecified atom stereocenters. The number of carbonyl (C=O) groups is 1. The fourth-order valence-electron chi connectivity index (χ4n) is 2.54. The number of hydrogen-bond acceptors (Lipinski definition) is 4. The molecule has 0 saturated carbocycles. The topological polar surface area (TPSA) is 95.5 Å². The number of amides is 1. The minimum absolute atomic E-state index is 0.00488. The molecule has 0 radical (unpaired) electrons. The van der Waals surface area contributed by atoms with Crippen molar-refractivity contribution < 1.29 is 18.3 Å². The molecule has 27 heavy (non-hydrogen) atoms. The maximum Gasteiger partial charge on any atom is 0.255 e. The Morgan fingerprint density at radius 2 is 1.52 bits per heavy atom. The molecule has 0 aliphatic heterocycles. The van der Waals surface area contributed by atoms with Crippen LogP contribution in [0.25, 0.3) is 11.1 Å². The van der Waals surface area contributed by atoms with Gasteiger partial charge in [0.05, 0.1) is 11.9 Å². The summed E-state index contributed by atoms with van der Waals surface area (Å²) in [5.74, 6) is -0.573. The summed E-state index contributed by atoms with van der Waals surface area (Å²) < 4.78 is 24.9. The smallest absolute Gasteiger partial charge is 0.255 e. The molecule has 3 aromatic rings. The number of benzene rings is 3. The van der Waals surface area contributed by atoms with Gasteiger partial charge in [-0.2, -0.15) is 0 Å². The van der Waals surface area contributed by atoms with Gasteiger partial charge in [-0.3, -0.25) is 9.52 Å². The molecule has 0 aliphatic carbocycles. The van der Waals surface area contributed by atoms with Crippen molar-refractivity contribution in [3.05, 3.63) is 78.4 Å². The van der Waals surface area contributed by atoms with Crippen molar-refractivity contribution >= 4 is 27.3 Å². The summed E-state index contributed by atoms with van der Waals surface area (Å²) in [7, 11) is -3.55. The molecule has 0 aliphatic rings. The zero-order valence-electron chi connectivity index (χ0n) is 14.5. The lowest BCUT2D eigenvalue weighted by atomic mass is 10.0. The Labute approximate surface area is 157 Å². The minimum Gasteiger partial charge on any atom is -0.506 e. The molecule has 0 bridgehead atoms. The second kappa shape index (κ2) is 7.51. The molecule has 3 aromatic carbocycles. The third-order valence-electron chi connectivity index (χ3n) is 3.80. The molecule has 7 heteroatoms. The van der Waals surface area contributed by atoms with Crippen LogP contribution in [0.15, 0.2) is 72.8 Å². The number of hydrogen-bond donors (Lipinski definition) is 3. The summed E-state index contributed by atoms with van der Waals surface area (Å²) in [6.45, 7) is 0. The van der Waals surface area contributed by atoms with Gasteiger partial charge >= 0.3 is 0 Å². The normalized spacial score (nSPS) is 11.0. The molecule has 6 nitrogen and oxygen atoms in total. The Hall–Kier alpha value is -3.32. The van der Waals surface area contributed by atoms with Gasteiger partial charge in [0.25, 0.3) is 5.91 Å². The van der Waals surface area contributed by atoms with Gasteiger partial charge in [0.2, 0.25) is 10.0 Å². The Morgan fingerprint density at radius 3 is 2.15 bits per heavy atom. The van der Waals surface area contributed by atoms with Crippen LogP contribution >= 0.6 is 0 Å². The molecule has 1 amide bonds. The second-order valence-electron chi connectivity index (χ2n) is 6.00. The van der Waals surface area contributed by atoms with Crippen LogP contribution in [0, 0.1) is 0 Å². The summed E-state index contributed by atoms with van der Waals surface area (Å²) in [5.41, 5.74) is 2.86. The number of phenolic OH excluding ortho intramolecular Hbond substituents is 1. The molecule has 0 saturated heterocycles. The molecule has 138 valence electrons. The number of carbonyl (C=O) groups excluding carboxylic acids is 1. The van der Waals surface area contributed by atoms with Crippen LogP contribution in [-0.2, 0) is 10.0 Å². The summed E-state index contributed by atoms with van der Waals surface area (Å²) in [4.78, 5) is 12.4. The van der Waals surface area contributed by atoms with Gasteiger partial charge in [-0.1, -0.05) is 42.5 Å². The predicted octanol–water partition coefficient (Wildman–Crippen LogP) is 3.68. The largest absolute Gasteiger partial charge is 0.506 e. The van der Waals surface area contributed by atoms with Crippen molar-refractivity contribution in [2.45, 2.75) is 0 Å². The maximum absolute atomic E-state index is 12.4. The number of phenols is 1. The molecule has 3 rings (SSSR count). The van der Waals surface area contributed by atoms with Crippen molar-refractivity contribution in [1.82, 2.24) is 0 Å². The molecule has 3 N–H and O–H groups in total. The molecular formula is C20H18N2O4S. The van der Waals surface area contributed by atoms with E-state index in [9.17, 15) is 18.3 Å². The first-order chi connectivity index (χ1) is 12.8. The first kappa shape index (κ1) is 18.5. The Bertz CT molecular complexity index is 1060. The van der Waals surface area contributed by atoms with Crippen molar-refractivity contribution in [2.24, 2.45) is 0 Å². The zero-order chi connectivity index (χ0) is 19.4. The summed E-state index contributed by atoms with van der Waals surface area (Å²) in [5, 5.41) is 12.4. The SMILES string of the molecule is CS(=O)(=O)Nc1cc(NC(=O)c2ccc(-c3ccccc3)cc2)ccc1O. The third kappa shape index (κ3) is 4.86. The lowest BCUT2D eigenvalue weighted by Gasteiger charge is -2.10. The Balaban J connectivity index is 1.76. The highest BCUT2D eigenvalue weighted by molar-refractivity contribution is 7.92. The van der Waals surface area contributed by atoms with Gasteiger partial charge in [-0.25, -0.2) is 8.42 Å². The van der Waals surface area contributed by atoms with Crippen molar-refractivity contribution in [3.63, 3.8) is 0 Å². The zero-order valence-corrected chi connectivity index (χ0v) is 15.3. The monoisotopic (exact) mass is 382 g/mol. The highest BCUT2D eigenvalue weighted by Gasteiger charge is 2.11. The van der Waals surface area contributed by atoms with Crippen LogP contribution in [0.3, 0.4) is 0 Å². The van der Waals surface area contributed by atoms with Gasteiger partial charge < -0.3 is 10.4 Å². The van der Waals surface area contributed by atoms with Gasteiger partial charge in [0, 0.05) is 11.3 Å². The minimum atomic E-state index is -3.55. The summed E-state index contributed by atoms with van der Waals surface area (Å²) >= 11 is 0. The van der Waals surface area contributed by atoms with E-state index in [1.165, 1.54) is 18.2 Å². The van der Waals surface area contributed by atoms with E-state index in [-0.39, 0.29) is 17.3 Å². The van der Waals surface area contributed by atoms with Crippen LogP contribution in [0.1, 0.15) is 10.4 Å². The van der Waals surface area contributed by atoms with E-state index in [1.54, 1.807) is 12.1 Å². The number of nitrogens with one attached hydrogen (secondary N) is 2. The van der Waals surface area contributed by atoms with E-state index in [0.717, 1.165) is 17.4 Å². The van der Waals surface area contributed by atoms with Crippen LogP contribution < -0.4 is 10.0 Å². The lowest BCUT2D eigenvalue weighted by molar-refractivity contribution is 0.102. The molecule has 0 heterocycles. The maximum atomic E-state index is 12.4. The molecule has 0 spiro atoms. The number of rotatable bonds is 5. The summed E-state index contributed by atoms with van der Waals surface area (Å²) in [6.07, 6.45) is 0.978. The fourth-order valence-corrected chi connectivity index (χ4v) is 3.11. The van der Waals surface area contributed by atoms with Gasteiger partial charge in [0.1, 0.15) is 5.75 Å². The molecule has 0 fully saturated rings. The fraction of sp³-hybridized carbons (Fsp3) is 0.0500. The first-order valence-corrected chi connectivity index (χ1v) is 9.98. The van der Waals surface area contributed by atoms with E-state index in [1.807, 2.05) is 42.5 Å². The van der Waals surface area contributed by atoms with Crippen LogP contribution in [-0.4, -0.2) is 25.7 Å². The summed E-state index contributed by atoms with van der Waals surface area (Å²) in [6, 6.07) is 21.1. The highest BCUT2D eigenvalue weighted by atomic mass is 32.2. The van der Waals surface area contributed by atoms with E-state index in [2.05, 4.69) is 10.0 Å². The average Bonchev–Trinajstić information content (AvgIpc) is 2.64. The lowest BCUT2D eigenvalue weighted by Crippen LogP contribution is -2.13. The van der Waals surface area contributed by atoms with Crippen LogP contribution in [0.4, 0.5) is 11.4 Å². The first-order valence-electron chi connectivity index (χ1n) is 8.09. The van der Waals surface area contributed by atoms with E-state index < -0.39 is 10.0 Å². The predicted molar refractivity (Wildman–Crippen MR) is 106 cm³/mol. The quantitative estimate of drug-likeness (QED) is 0.463. The molecular weight excluding hydrogens is 364 g/mol. The van der Waals surface area contributed by atoms with Gasteiger partial charge in [-0.05, 0) is 41.5 Å². The number of sulfonamides is 1. The van der Waals surface area contributed by atoms with Crippen molar-refractivity contribution in [2.75, 3.05) is 16.3 Å². The molecule has 0 aromatic heterocycles. The van der Waals surface area contributed by atoms with E-state index in [4.69, 9.17) is 0 Å². The van der Waals surface area contributed by atoms with E-state index >= 15 is 0 Å². The van der Waals surface area contributed by atoms with Crippen molar-refractivity contribution in [3.8, 4) is 16.9 Å². The second-order valence-corrected chi connectivity index (χ2v) is 7.75. The number of aromatic hydroxyl groups is 1. The van der Waals surface area contributed by atoms with Gasteiger partial charge in [0.15, 0.2) is 0 Å². The van der Waals surface area contributed by atoms with Crippen LogP contribution in [0.2, 0.25) is 0 Å². The average molecular weight is 382 g/mol. The third-order valence-corrected chi connectivity index (χ3v) is 4.39. The van der Waals surface area contributed by atoms with Gasteiger partial charge in [-0.15, -0.1) is 0 Å². The highest BCUT2D eigenvalue weighted by Crippen LogP contribution is 2.28. The standard InChI is InChI=1S/C20H18N2O4S/c1-27(25,26)22-18-13-17(11-12-19(18)23)21-20(24)16-9-7-15(8-10-16)14-5-3-2-4-6-14/h2-13,22-23H,1H3,(H,21,24).